The number of halogens is 1. The molecule has 20 heavy (non-hydrogen) atoms. The predicted octanol–water partition coefficient (Wildman–Crippen LogP) is 4.74. The molecule has 0 saturated heterocycles. The van der Waals surface area contributed by atoms with Crippen molar-refractivity contribution in [1.82, 2.24) is 0 Å². The quantitative estimate of drug-likeness (QED) is 0.332. The topological polar surface area (TPSA) is 71.8 Å². The molecule has 0 aliphatic carbocycles. The molecule has 0 fully saturated rings. The third-order valence-corrected chi connectivity index (χ3v) is 4.65. The number of aryl methyl sites for hydroxylation is 1. The summed E-state index contributed by atoms with van der Waals surface area (Å²) in [4.78, 5) is 3.46. The average molecular weight is 350 g/mol. The van der Waals surface area contributed by atoms with Gasteiger partial charge in [-0.2, -0.15) is 0 Å². The Hall–Kier alpha value is -1.46. The highest BCUT2D eigenvalue weighted by Crippen LogP contribution is 2.19. The molecule has 0 aliphatic rings. The van der Waals surface area contributed by atoms with Crippen LogP contribution in [-0.2, 0) is 17.6 Å². The van der Waals surface area contributed by atoms with E-state index >= 15 is 0 Å². The van der Waals surface area contributed by atoms with Crippen LogP contribution in [-0.4, -0.2) is 10.3 Å². The van der Waals surface area contributed by atoms with Crippen molar-refractivity contribution in [1.29, 1.82) is 0 Å². The number of hydrogen-bond donors (Lipinski definition) is 0. The normalized spacial score (nSPS) is 11.7. The molecule has 0 bridgehead atoms. The van der Waals surface area contributed by atoms with Gasteiger partial charge in [-0.05, 0) is 58.7 Å². The first-order valence-corrected chi connectivity index (χ1v) is 8.08. The number of nitrogens with zero attached hydrogens (tertiary/aromatic N) is 3. The number of azide groups is 1. The average Bonchev–Trinajstić information content (AvgIpc) is 2.47. The molecule has 0 saturated carbocycles. The molecule has 0 spiro atoms. The van der Waals surface area contributed by atoms with Crippen LogP contribution in [0.15, 0.2) is 63.0 Å². The summed E-state index contributed by atoms with van der Waals surface area (Å²) in [5.41, 5.74) is 10.0. The summed E-state index contributed by atoms with van der Waals surface area (Å²) >= 11 is 2.34. The Bertz CT molecular complexity index is 609. The molecule has 2 aromatic rings. The summed E-state index contributed by atoms with van der Waals surface area (Å²) < 4.78 is 13.2. The molecule has 102 valence electrons. The van der Waals surface area contributed by atoms with Gasteiger partial charge in [0.1, 0.15) is 5.75 Å². The first kappa shape index (κ1) is 14.9. The van der Waals surface area contributed by atoms with Gasteiger partial charge in [-0.15, -0.1) is 0 Å². The number of hydrogen-bond acceptors (Lipinski definition) is 2. The summed E-state index contributed by atoms with van der Waals surface area (Å²) in [6.45, 7) is 0. The van der Waals surface area contributed by atoms with Crippen LogP contribution < -0.4 is 0 Å². The second-order valence-electron chi connectivity index (χ2n) is 4.11. The highest BCUT2D eigenvalue weighted by Gasteiger charge is 2.10. The van der Waals surface area contributed by atoms with Crippen LogP contribution in [0.25, 0.3) is 10.4 Å². The summed E-state index contributed by atoms with van der Waals surface area (Å²) in [6, 6.07) is 14.8. The van der Waals surface area contributed by atoms with Crippen molar-refractivity contribution in [2.45, 2.75) is 11.3 Å². The van der Waals surface area contributed by atoms with Gasteiger partial charge in [0, 0.05) is 21.5 Å². The molecule has 2 aromatic carbocycles. The fraction of sp³-hybridized carbons (Fsp3) is 0.143. The van der Waals surface area contributed by atoms with Gasteiger partial charge in [-0.25, -0.2) is 0 Å². The second-order valence-corrected chi connectivity index (χ2v) is 6.60. The van der Waals surface area contributed by atoms with E-state index in [9.17, 15) is 4.55 Å². The van der Waals surface area contributed by atoms with E-state index in [2.05, 4.69) is 26.0 Å². The van der Waals surface area contributed by atoms with Crippen LogP contribution in [0, 0.1) is 0 Å². The SMILES string of the molecule is [N-]=[N+]=Nc1ccc([S+]([O-])CCc2ccc(Br)cc2)cc1. The zero-order valence-electron chi connectivity index (χ0n) is 10.6. The Morgan fingerprint density at radius 2 is 1.75 bits per heavy atom. The summed E-state index contributed by atoms with van der Waals surface area (Å²) in [6.07, 6.45) is 0.762. The highest BCUT2D eigenvalue weighted by molar-refractivity contribution is 9.10. The van der Waals surface area contributed by atoms with E-state index in [1.807, 2.05) is 24.3 Å². The van der Waals surface area contributed by atoms with Gasteiger partial charge in [-0.1, -0.05) is 33.2 Å². The summed E-state index contributed by atoms with van der Waals surface area (Å²) in [7, 11) is 0. The third-order valence-electron chi connectivity index (χ3n) is 2.75. The summed E-state index contributed by atoms with van der Waals surface area (Å²) in [5.74, 6) is 0.572. The smallest absolute Gasteiger partial charge is 0.152 e. The Morgan fingerprint density at radius 1 is 1.10 bits per heavy atom. The zero-order valence-corrected chi connectivity index (χ0v) is 13.0. The van der Waals surface area contributed by atoms with Gasteiger partial charge < -0.3 is 4.55 Å². The molecule has 4 nitrogen and oxygen atoms in total. The Kier molecular flexibility index (Phi) is 5.49. The zero-order chi connectivity index (χ0) is 14.4. The van der Waals surface area contributed by atoms with Crippen molar-refractivity contribution in [2.24, 2.45) is 5.11 Å². The van der Waals surface area contributed by atoms with E-state index in [1.165, 1.54) is 0 Å². The predicted molar refractivity (Wildman–Crippen MR) is 84.4 cm³/mol. The molecule has 0 aliphatic heterocycles. The molecule has 0 heterocycles. The lowest BCUT2D eigenvalue weighted by Gasteiger charge is -2.10. The van der Waals surface area contributed by atoms with Gasteiger partial charge in [0.2, 0.25) is 0 Å². The molecule has 2 rings (SSSR count). The molecule has 1 unspecified atom stereocenters. The molecular formula is C14H12BrN3OS. The van der Waals surface area contributed by atoms with Crippen LogP contribution in [0.3, 0.4) is 0 Å². The van der Waals surface area contributed by atoms with Crippen molar-refractivity contribution >= 4 is 32.8 Å². The van der Waals surface area contributed by atoms with E-state index in [1.54, 1.807) is 24.3 Å². The second kappa shape index (κ2) is 7.36. The molecular weight excluding hydrogens is 338 g/mol. The lowest BCUT2D eigenvalue weighted by molar-refractivity contribution is 0.594. The maximum absolute atomic E-state index is 12.2. The van der Waals surface area contributed by atoms with Crippen LogP contribution >= 0.6 is 15.9 Å². The minimum Gasteiger partial charge on any atom is -0.611 e. The molecule has 0 amide bonds. The van der Waals surface area contributed by atoms with Gasteiger partial charge in [0.25, 0.3) is 0 Å². The fourth-order valence-corrected chi connectivity index (χ4v) is 3.06. The minimum atomic E-state index is -1.05. The Morgan fingerprint density at radius 3 is 2.35 bits per heavy atom. The van der Waals surface area contributed by atoms with Gasteiger partial charge in [0.05, 0.1) is 0 Å². The maximum Gasteiger partial charge on any atom is 0.152 e. The number of benzene rings is 2. The van der Waals surface area contributed by atoms with Gasteiger partial charge in [-0.3, -0.25) is 0 Å². The summed E-state index contributed by atoms with van der Waals surface area (Å²) in [5, 5.41) is 3.49. The molecule has 1 atom stereocenters. The first-order valence-electron chi connectivity index (χ1n) is 5.97. The first-order chi connectivity index (χ1) is 9.69. The molecule has 0 N–H and O–H groups in total. The van der Waals surface area contributed by atoms with Crippen molar-refractivity contribution in [3.05, 3.63) is 69.0 Å². The van der Waals surface area contributed by atoms with E-state index in [-0.39, 0.29) is 0 Å². The van der Waals surface area contributed by atoms with Crippen LogP contribution in [0.5, 0.6) is 0 Å². The van der Waals surface area contributed by atoms with Gasteiger partial charge in [0.15, 0.2) is 4.90 Å². The lowest BCUT2D eigenvalue weighted by Crippen LogP contribution is -2.09. The third kappa shape index (κ3) is 4.28. The molecule has 6 heteroatoms. The van der Waals surface area contributed by atoms with Gasteiger partial charge >= 0.3 is 0 Å². The standard InChI is InChI=1S/C14H12BrN3OS/c15-12-3-1-11(2-4-12)9-10-20(19)14-7-5-13(6-8-14)17-18-16/h1-8H,9-10H2. The van der Waals surface area contributed by atoms with Crippen LogP contribution in [0.1, 0.15) is 5.56 Å². The van der Waals surface area contributed by atoms with E-state index in [0.29, 0.717) is 11.4 Å². The molecule has 0 radical (unpaired) electrons. The monoisotopic (exact) mass is 349 g/mol. The Labute approximate surface area is 128 Å². The molecule has 0 aromatic heterocycles. The van der Waals surface area contributed by atoms with Crippen molar-refractivity contribution in [2.75, 3.05) is 5.75 Å². The fourth-order valence-electron chi connectivity index (χ4n) is 1.70. The Balaban J connectivity index is 1.95. The van der Waals surface area contributed by atoms with Crippen molar-refractivity contribution in [3.8, 4) is 0 Å². The number of rotatable bonds is 5. The van der Waals surface area contributed by atoms with Crippen LogP contribution in [0.2, 0.25) is 0 Å². The van der Waals surface area contributed by atoms with Crippen molar-refractivity contribution < 1.29 is 4.55 Å². The van der Waals surface area contributed by atoms with E-state index in [0.717, 1.165) is 21.4 Å². The van der Waals surface area contributed by atoms with Crippen LogP contribution in [0.4, 0.5) is 5.69 Å². The maximum atomic E-state index is 12.2. The minimum absolute atomic E-state index is 0.529. The highest BCUT2D eigenvalue weighted by atomic mass is 79.9. The lowest BCUT2D eigenvalue weighted by atomic mass is 10.2. The largest absolute Gasteiger partial charge is 0.611 e. The van der Waals surface area contributed by atoms with E-state index < -0.39 is 11.2 Å². The van der Waals surface area contributed by atoms with Crippen molar-refractivity contribution in [3.63, 3.8) is 0 Å². The van der Waals surface area contributed by atoms with E-state index in [4.69, 9.17) is 5.53 Å².